The average Bonchev–Trinajstić information content (AvgIpc) is 3.08. The van der Waals surface area contributed by atoms with Gasteiger partial charge in [0.15, 0.2) is 0 Å². The molecule has 0 aliphatic heterocycles. The molecule has 0 aliphatic carbocycles. The van der Waals surface area contributed by atoms with E-state index in [4.69, 9.17) is 4.42 Å². The van der Waals surface area contributed by atoms with E-state index >= 15 is 0 Å². The third-order valence-corrected chi connectivity index (χ3v) is 3.53. The predicted molar refractivity (Wildman–Crippen MR) is 80.8 cm³/mol. The summed E-state index contributed by atoms with van der Waals surface area (Å²) in [5.74, 6) is 1.06. The molecule has 0 atom stereocenters. The first-order chi connectivity index (χ1) is 9.81. The number of anilines is 1. The van der Waals surface area contributed by atoms with E-state index in [1.807, 2.05) is 29.2 Å². The molecule has 0 bridgehead atoms. The molecule has 20 heavy (non-hydrogen) atoms. The molecular formula is C16H19N3O. The second-order valence-corrected chi connectivity index (χ2v) is 4.79. The number of aryl methyl sites for hydroxylation is 2. The molecule has 0 unspecified atom stereocenters. The molecule has 0 radical (unpaired) electrons. The zero-order chi connectivity index (χ0) is 13.9. The molecule has 4 nitrogen and oxygen atoms in total. The SMILES string of the molecule is CCc1oc2ccccc2c1CNc1cnn(CC)c1. The Morgan fingerprint density at radius 3 is 2.85 bits per heavy atom. The maximum absolute atomic E-state index is 5.90. The van der Waals surface area contributed by atoms with Gasteiger partial charge >= 0.3 is 0 Å². The third kappa shape index (κ3) is 2.29. The van der Waals surface area contributed by atoms with Crippen LogP contribution in [0.25, 0.3) is 11.0 Å². The first-order valence-electron chi connectivity index (χ1n) is 7.07. The number of hydrogen-bond donors (Lipinski definition) is 1. The quantitative estimate of drug-likeness (QED) is 0.765. The number of aromatic nitrogens is 2. The van der Waals surface area contributed by atoms with E-state index in [0.717, 1.165) is 36.5 Å². The van der Waals surface area contributed by atoms with E-state index in [-0.39, 0.29) is 0 Å². The Balaban J connectivity index is 1.86. The van der Waals surface area contributed by atoms with Crippen molar-refractivity contribution < 1.29 is 4.42 Å². The van der Waals surface area contributed by atoms with E-state index < -0.39 is 0 Å². The zero-order valence-corrected chi connectivity index (χ0v) is 11.9. The van der Waals surface area contributed by atoms with E-state index in [2.05, 4.69) is 36.4 Å². The van der Waals surface area contributed by atoms with E-state index in [9.17, 15) is 0 Å². The lowest BCUT2D eigenvalue weighted by molar-refractivity contribution is 0.551. The van der Waals surface area contributed by atoms with Crippen molar-refractivity contribution >= 4 is 16.7 Å². The summed E-state index contributed by atoms with van der Waals surface area (Å²) in [6.07, 6.45) is 4.78. The summed E-state index contributed by atoms with van der Waals surface area (Å²) in [6.45, 7) is 5.85. The van der Waals surface area contributed by atoms with Gasteiger partial charge in [0.05, 0.1) is 11.9 Å². The lowest BCUT2D eigenvalue weighted by Gasteiger charge is -2.04. The van der Waals surface area contributed by atoms with Crippen molar-refractivity contribution in [3.05, 3.63) is 48.0 Å². The predicted octanol–water partition coefficient (Wildman–Crippen LogP) is 3.82. The van der Waals surface area contributed by atoms with Gasteiger partial charge in [0.25, 0.3) is 0 Å². The van der Waals surface area contributed by atoms with Crippen LogP contribution in [-0.2, 0) is 19.5 Å². The lowest BCUT2D eigenvalue weighted by atomic mass is 10.1. The smallest absolute Gasteiger partial charge is 0.134 e. The summed E-state index contributed by atoms with van der Waals surface area (Å²) in [5.41, 5.74) is 3.25. The number of rotatable bonds is 5. The number of hydrogen-bond acceptors (Lipinski definition) is 3. The summed E-state index contributed by atoms with van der Waals surface area (Å²) in [7, 11) is 0. The van der Waals surface area contributed by atoms with Crippen molar-refractivity contribution in [3.63, 3.8) is 0 Å². The number of nitrogens with one attached hydrogen (secondary N) is 1. The Morgan fingerprint density at radius 1 is 1.25 bits per heavy atom. The number of furan rings is 1. The summed E-state index contributed by atoms with van der Waals surface area (Å²) in [4.78, 5) is 0. The van der Waals surface area contributed by atoms with Gasteiger partial charge in [-0.15, -0.1) is 0 Å². The molecule has 0 spiro atoms. The van der Waals surface area contributed by atoms with E-state index in [0.29, 0.717) is 0 Å². The Labute approximate surface area is 118 Å². The Kier molecular flexibility index (Phi) is 3.46. The van der Waals surface area contributed by atoms with Crippen LogP contribution >= 0.6 is 0 Å². The second kappa shape index (κ2) is 5.41. The highest BCUT2D eigenvalue weighted by molar-refractivity contribution is 5.82. The van der Waals surface area contributed by atoms with Crippen LogP contribution in [0.2, 0.25) is 0 Å². The summed E-state index contributed by atoms with van der Waals surface area (Å²) in [5, 5.41) is 8.89. The van der Waals surface area contributed by atoms with Gasteiger partial charge in [-0.3, -0.25) is 4.68 Å². The molecule has 1 N–H and O–H groups in total. The van der Waals surface area contributed by atoms with Crippen LogP contribution < -0.4 is 5.32 Å². The van der Waals surface area contributed by atoms with E-state index in [1.165, 1.54) is 10.9 Å². The van der Waals surface area contributed by atoms with Gasteiger partial charge in [0.2, 0.25) is 0 Å². The first-order valence-corrected chi connectivity index (χ1v) is 7.07. The van der Waals surface area contributed by atoms with Crippen LogP contribution in [0, 0.1) is 0 Å². The molecule has 104 valence electrons. The Bertz CT molecular complexity index is 711. The number of para-hydroxylation sites is 1. The molecule has 4 heteroatoms. The molecule has 3 rings (SSSR count). The van der Waals surface area contributed by atoms with E-state index in [1.54, 1.807) is 0 Å². The van der Waals surface area contributed by atoms with Crippen molar-refractivity contribution in [2.24, 2.45) is 0 Å². The van der Waals surface area contributed by atoms with Crippen LogP contribution in [0.3, 0.4) is 0 Å². The van der Waals surface area contributed by atoms with Crippen molar-refractivity contribution in [2.75, 3.05) is 5.32 Å². The van der Waals surface area contributed by atoms with Gasteiger partial charge in [0.1, 0.15) is 11.3 Å². The van der Waals surface area contributed by atoms with Gasteiger partial charge in [-0.2, -0.15) is 5.10 Å². The molecule has 0 saturated heterocycles. The minimum atomic E-state index is 0.760. The highest BCUT2D eigenvalue weighted by Crippen LogP contribution is 2.27. The van der Waals surface area contributed by atoms with Crippen molar-refractivity contribution in [2.45, 2.75) is 33.4 Å². The van der Waals surface area contributed by atoms with Gasteiger partial charge in [-0.05, 0) is 13.0 Å². The highest BCUT2D eigenvalue weighted by atomic mass is 16.3. The first kappa shape index (κ1) is 12.8. The molecule has 0 aliphatic rings. The Morgan fingerprint density at radius 2 is 2.10 bits per heavy atom. The van der Waals surface area contributed by atoms with Gasteiger partial charge < -0.3 is 9.73 Å². The lowest BCUT2D eigenvalue weighted by Crippen LogP contribution is -2.00. The molecule has 1 aromatic carbocycles. The largest absolute Gasteiger partial charge is 0.461 e. The molecule has 2 heterocycles. The average molecular weight is 269 g/mol. The minimum absolute atomic E-state index is 0.760. The molecule has 0 amide bonds. The van der Waals surface area contributed by atoms with Gasteiger partial charge in [0, 0.05) is 36.7 Å². The summed E-state index contributed by atoms with van der Waals surface area (Å²) < 4.78 is 7.82. The number of benzene rings is 1. The second-order valence-electron chi connectivity index (χ2n) is 4.79. The van der Waals surface area contributed by atoms with Gasteiger partial charge in [-0.25, -0.2) is 0 Å². The van der Waals surface area contributed by atoms with Crippen LogP contribution in [-0.4, -0.2) is 9.78 Å². The third-order valence-electron chi connectivity index (χ3n) is 3.53. The monoisotopic (exact) mass is 269 g/mol. The molecule has 0 saturated carbocycles. The standard InChI is InChI=1S/C16H19N3O/c1-3-15-14(13-7-5-6-8-16(13)20-15)10-17-12-9-18-19(4-2)11-12/h5-9,11,17H,3-4,10H2,1-2H3. The van der Waals surface area contributed by atoms with Crippen LogP contribution in [0.1, 0.15) is 25.2 Å². The van der Waals surface area contributed by atoms with Crippen LogP contribution in [0.15, 0.2) is 41.1 Å². The number of nitrogens with zero attached hydrogens (tertiary/aromatic N) is 2. The van der Waals surface area contributed by atoms with Crippen LogP contribution in [0.5, 0.6) is 0 Å². The zero-order valence-electron chi connectivity index (χ0n) is 11.9. The maximum Gasteiger partial charge on any atom is 0.134 e. The van der Waals surface area contributed by atoms with Crippen LogP contribution in [0.4, 0.5) is 5.69 Å². The van der Waals surface area contributed by atoms with Crippen molar-refractivity contribution in [1.82, 2.24) is 9.78 Å². The minimum Gasteiger partial charge on any atom is -0.461 e. The summed E-state index contributed by atoms with van der Waals surface area (Å²) >= 11 is 0. The normalized spacial score (nSPS) is 11.1. The fourth-order valence-corrected chi connectivity index (χ4v) is 2.45. The van der Waals surface area contributed by atoms with Gasteiger partial charge in [-0.1, -0.05) is 25.1 Å². The fraction of sp³-hybridized carbons (Fsp3) is 0.312. The summed E-state index contributed by atoms with van der Waals surface area (Å²) in [6, 6.07) is 8.20. The highest BCUT2D eigenvalue weighted by Gasteiger charge is 2.12. The topological polar surface area (TPSA) is 43.0 Å². The maximum atomic E-state index is 5.90. The molecule has 0 fully saturated rings. The molecular weight excluding hydrogens is 250 g/mol. The molecule has 3 aromatic rings. The van der Waals surface area contributed by atoms with Crippen molar-refractivity contribution in [1.29, 1.82) is 0 Å². The number of fused-ring (bicyclic) bond motifs is 1. The van der Waals surface area contributed by atoms with Crippen molar-refractivity contribution in [3.8, 4) is 0 Å². The fourth-order valence-electron chi connectivity index (χ4n) is 2.45. The molecule has 2 aromatic heterocycles. The Hall–Kier alpha value is -2.23.